The predicted molar refractivity (Wildman–Crippen MR) is 74.8 cm³/mol. The number of ketones is 1. The van der Waals surface area contributed by atoms with Crippen LogP contribution in [0.5, 0.6) is 0 Å². The number of carbonyl (C=O) groups is 1. The largest absolute Gasteiger partial charge is 3.00 e. The molecular weight excluding hydrogens is 400 g/mol. The standard InChI is InChI=1S/C5H8O2.2C2H6N2.Co.F6P/c1-4(6)3-5(2)7;2*3-1-2-4;;1-7(2,3,4,5)6/h3,6H,1-2H3;2*3-4H,1-2H2;;/q;2*-2;+3;-1/p-1/b4-3-;;;;. The Bertz CT molecular complexity index is 302. The topological polar surface area (TPSA) is 135 Å². The number of hydrogen-bond donors (Lipinski definition) is 0. The van der Waals surface area contributed by atoms with Crippen LogP contribution >= 0.6 is 7.81 Å². The molecule has 4 N–H and O–H groups in total. The van der Waals surface area contributed by atoms with Gasteiger partial charge in [-0.2, -0.15) is 26.2 Å². The molecule has 0 bridgehead atoms. The van der Waals surface area contributed by atoms with Crippen LogP contribution in [0.2, 0.25) is 0 Å². The number of carbonyl (C=O) groups excluding carboxylic acids is 1. The summed E-state index contributed by atoms with van der Waals surface area (Å²) in [5.74, 6) is -0.375. The van der Waals surface area contributed by atoms with Crippen LogP contribution in [0.15, 0.2) is 11.8 Å². The first kappa shape index (κ1) is 34.0. The fourth-order valence-corrected chi connectivity index (χ4v) is 0.286. The summed E-state index contributed by atoms with van der Waals surface area (Å²) in [6.07, 6.45) is 1.06. The van der Waals surface area contributed by atoms with Crippen LogP contribution in [0.1, 0.15) is 13.8 Å². The summed E-state index contributed by atoms with van der Waals surface area (Å²) in [5, 5.41) is 9.98. The van der Waals surface area contributed by atoms with Crippen molar-refractivity contribution >= 4 is 13.6 Å². The average Bonchev–Trinajstić information content (AvgIpc) is 2.23. The fourth-order valence-electron chi connectivity index (χ4n) is 0.286. The molecular formula is C9H19CoF6N4O2P-3. The van der Waals surface area contributed by atoms with Crippen molar-refractivity contribution in [3.63, 3.8) is 0 Å². The van der Waals surface area contributed by atoms with Gasteiger partial charge in [0.25, 0.3) is 0 Å². The third-order valence-corrected chi connectivity index (χ3v) is 0.657. The molecule has 0 rings (SSSR count). The Labute approximate surface area is 141 Å². The van der Waals surface area contributed by atoms with Gasteiger partial charge >= 0.3 is 49.8 Å². The van der Waals surface area contributed by atoms with Gasteiger partial charge in [-0.3, -0.25) is 4.79 Å². The quantitative estimate of drug-likeness (QED) is 0.262. The van der Waals surface area contributed by atoms with Crippen molar-refractivity contribution in [1.82, 2.24) is 0 Å². The number of rotatable bonds is 3. The summed E-state index contributed by atoms with van der Waals surface area (Å²) in [6, 6.07) is 0. The van der Waals surface area contributed by atoms with Gasteiger partial charge in [-0.25, -0.2) is 0 Å². The van der Waals surface area contributed by atoms with Gasteiger partial charge in [0.1, 0.15) is 0 Å². The number of nitrogens with one attached hydrogen (secondary N) is 4. The summed E-state index contributed by atoms with van der Waals surface area (Å²) in [5.41, 5.74) is 25.1. The van der Waals surface area contributed by atoms with Crippen molar-refractivity contribution in [3.05, 3.63) is 34.8 Å². The normalized spacial score (nSPS) is 13.1. The van der Waals surface area contributed by atoms with E-state index in [4.69, 9.17) is 22.9 Å². The second-order valence-electron chi connectivity index (χ2n) is 3.32. The van der Waals surface area contributed by atoms with Gasteiger partial charge in [-0.05, 0) is 13.0 Å². The van der Waals surface area contributed by atoms with Crippen LogP contribution in [0.25, 0.3) is 22.9 Å². The van der Waals surface area contributed by atoms with Crippen molar-refractivity contribution in [2.75, 3.05) is 26.2 Å². The number of hydrogen-bond acceptors (Lipinski definition) is 2. The van der Waals surface area contributed by atoms with Crippen molar-refractivity contribution < 1.29 is 51.9 Å². The Hall–Kier alpha value is -0.434. The molecule has 0 saturated heterocycles. The van der Waals surface area contributed by atoms with E-state index in [1.165, 1.54) is 13.8 Å². The van der Waals surface area contributed by atoms with Crippen LogP contribution in [0.4, 0.5) is 25.2 Å². The summed E-state index contributed by atoms with van der Waals surface area (Å²) in [7, 11) is -10.7. The molecule has 0 aromatic heterocycles. The zero-order chi connectivity index (χ0) is 19.1. The van der Waals surface area contributed by atoms with Gasteiger partial charge in [0, 0.05) is 0 Å². The predicted octanol–water partition coefficient (Wildman–Crippen LogP) is 5.40. The minimum atomic E-state index is -10.7. The Morgan fingerprint density at radius 1 is 0.870 bits per heavy atom. The molecule has 23 heavy (non-hydrogen) atoms. The van der Waals surface area contributed by atoms with Gasteiger partial charge in [-0.1, -0.05) is 6.92 Å². The van der Waals surface area contributed by atoms with Gasteiger partial charge in [0.05, 0.1) is 0 Å². The molecule has 146 valence electrons. The van der Waals surface area contributed by atoms with Crippen LogP contribution in [0.3, 0.4) is 0 Å². The van der Waals surface area contributed by atoms with Crippen LogP contribution in [-0.2, 0) is 21.6 Å². The van der Waals surface area contributed by atoms with E-state index in [9.17, 15) is 35.1 Å². The fraction of sp³-hybridized carbons (Fsp3) is 0.667. The molecule has 0 aliphatic carbocycles. The Morgan fingerprint density at radius 2 is 1.04 bits per heavy atom. The second-order valence-corrected chi connectivity index (χ2v) is 5.24. The molecule has 0 fully saturated rings. The molecule has 0 spiro atoms. The molecule has 0 heterocycles. The summed E-state index contributed by atoms with van der Waals surface area (Å²) in [6.45, 7) is 3.64. The Balaban J connectivity index is -0.0000000639. The summed E-state index contributed by atoms with van der Waals surface area (Å²) < 4.78 is 59.2. The van der Waals surface area contributed by atoms with Gasteiger partial charge in [-0.15, -0.1) is 5.76 Å². The first-order valence-electron chi connectivity index (χ1n) is 5.41. The minimum Gasteiger partial charge on any atom is -0.679 e. The first-order chi connectivity index (χ1) is 9.40. The van der Waals surface area contributed by atoms with Crippen LogP contribution in [0, 0.1) is 0 Å². The van der Waals surface area contributed by atoms with E-state index in [1.54, 1.807) is 0 Å². The molecule has 0 aliphatic rings. The maximum absolute atomic E-state index is 10.7. The Morgan fingerprint density at radius 3 is 1.04 bits per heavy atom. The van der Waals surface area contributed by atoms with E-state index in [-0.39, 0.29) is 54.5 Å². The van der Waals surface area contributed by atoms with E-state index >= 15 is 0 Å². The molecule has 0 aromatic rings. The summed E-state index contributed by atoms with van der Waals surface area (Å²) >= 11 is 0. The molecule has 0 radical (unpaired) electrons. The van der Waals surface area contributed by atoms with E-state index in [1.807, 2.05) is 0 Å². The molecule has 14 heteroatoms. The van der Waals surface area contributed by atoms with E-state index in [0.717, 1.165) is 6.08 Å². The second kappa shape index (κ2) is 14.0. The maximum Gasteiger partial charge on any atom is 3.00 e. The molecule has 0 unspecified atom stereocenters. The maximum atomic E-state index is 9.98. The van der Waals surface area contributed by atoms with E-state index in [2.05, 4.69) is 0 Å². The minimum absolute atomic E-state index is 0. The summed E-state index contributed by atoms with van der Waals surface area (Å²) in [4.78, 5) is 9.98. The molecule has 0 saturated carbocycles. The SMILES string of the molecule is CC(=O)/C=C(/C)[O-].F[P-](F)(F)(F)(F)F.[Co+3].[NH-]CC[NH-].[NH-]CC[NH-]. The molecule has 0 amide bonds. The molecule has 0 aliphatic heterocycles. The van der Waals surface area contributed by atoms with Crippen molar-refractivity contribution in [1.29, 1.82) is 0 Å². The smallest absolute Gasteiger partial charge is 0.679 e. The number of halogens is 6. The third-order valence-electron chi connectivity index (χ3n) is 0.657. The monoisotopic (exact) mass is 419 g/mol. The third kappa shape index (κ3) is 266. The molecule has 0 atom stereocenters. The average molecular weight is 419 g/mol. The van der Waals surface area contributed by atoms with Crippen LogP contribution < -0.4 is 5.11 Å². The van der Waals surface area contributed by atoms with Gasteiger partial charge in [0.15, 0.2) is 5.78 Å². The van der Waals surface area contributed by atoms with Crippen molar-refractivity contribution in [3.8, 4) is 0 Å². The Kier molecular flexibility index (Phi) is 20.6. The molecule has 0 aromatic carbocycles. The zero-order valence-corrected chi connectivity index (χ0v) is 14.2. The zero-order valence-electron chi connectivity index (χ0n) is 12.3. The van der Waals surface area contributed by atoms with Crippen molar-refractivity contribution in [2.24, 2.45) is 0 Å². The van der Waals surface area contributed by atoms with Crippen LogP contribution in [-0.4, -0.2) is 32.0 Å². The molecule has 6 nitrogen and oxygen atoms in total. The number of allylic oxidation sites excluding steroid dienone is 2. The van der Waals surface area contributed by atoms with E-state index < -0.39 is 7.81 Å². The van der Waals surface area contributed by atoms with Crippen molar-refractivity contribution in [2.45, 2.75) is 13.8 Å². The van der Waals surface area contributed by atoms with E-state index in [0.29, 0.717) is 0 Å². The van der Waals surface area contributed by atoms with Gasteiger partial charge < -0.3 is 28.0 Å². The first-order valence-corrected chi connectivity index (χ1v) is 7.44. The van der Waals surface area contributed by atoms with Gasteiger partial charge in [0.2, 0.25) is 0 Å².